The number of nitrogens with zero attached hydrogens (tertiary/aromatic N) is 3. The molecule has 2 amide bonds. The van der Waals surface area contributed by atoms with Crippen molar-refractivity contribution in [1.82, 2.24) is 20.2 Å². The fraction of sp³-hybridized carbons (Fsp3) is 0.500. The van der Waals surface area contributed by atoms with Crippen LogP contribution in [0.2, 0.25) is 0 Å². The van der Waals surface area contributed by atoms with Crippen LogP contribution >= 0.6 is 11.3 Å². The van der Waals surface area contributed by atoms with Crippen LogP contribution in [-0.4, -0.2) is 76.1 Å². The van der Waals surface area contributed by atoms with Crippen molar-refractivity contribution >= 4 is 45.2 Å². The topological polar surface area (TPSA) is 143 Å². The SMILES string of the molecule is COc1ccc2c(O[C@@H]3C[C@H]4C(=O)N[C@]5(C(=O)O)C[C@H]5/C=C\CCCCN(C)C(=O)[C@@H]4C3)cc(-c3csc(NC(C)C)n3)nc2c1. The third-order valence-corrected chi connectivity index (χ3v) is 10.00. The smallest absolute Gasteiger partial charge is 0.330 e. The van der Waals surface area contributed by atoms with E-state index in [1.807, 2.05) is 41.8 Å². The van der Waals surface area contributed by atoms with E-state index < -0.39 is 35.4 Å². The number of carboxylic acid groups (broad SMARTS) is 1. The molecule has 0 bridgehead atoms. The number of aliphatic carboxylic acids is 1. The standard InChI is InChI=1S/C34H41N5O6S/c1-19(2)35-33-37-28(18-46-33)27-16-29(23-11-10-21(44-4)15-26(23)36-27)45-22-13-24-25(14-22)31(41)39(3)12-8-6-5-7-9-20-17-34(20,32(42)43)38-30(24)40/h7,9-11,15-16,18-20,22,24-25H,5-6,8,12-14,17H2,1-4H3,(H,35,37)(H,38,40)(H,42,43)/b9-7-/t20-,22-,24-,25-,34-/m1/s1. The van der Waals surface area contributed by atoms with E-state index in [2.05, 4.69) is 24.5 Å². The van der Waals surface area contributed by atoms with Gasteiger partial charge in [0.25, 0.3) is 0 Å². The minimum Gasteiger partial charge on any atom is -0.497 e. The van der Waals surface area contributed by atoms with Crippen molar-refractivity contribution in [2.24, 2.45) is 17.8 Å². The van der Waals surface area contributed by atoms with Gasteiger partial charge in [-0.05, 0) is 64.5 Å². The fourth-order valence-corrected chi connectivity index (χ4v) is 7.46. The van der Waals surface area contributed by atoms with Gasteiger partial charge in [-0.3, -0.25) is 9.59 Å². The van der Waals surface area contributed by atoms with E-state index in [9.17, 15) is 19.5 Å². The zero-order chi connectivity index (χ0) is 32.6. The van der Waals surface area contributed by atoms with Crippen LogP contribution in [0.1, 0.15) is 52.4 Å². The highest BCUT2D eigenvalue weighted by atomic mass is 32.1. The molecule has 12 heteroatoms. The Hall–Kier alpha value is -4.19. The first-order valence-electron chi connectivity index (χ1n) is 15.9. The summed E-state index contributed by atoms with van der Waals surface area (Å²) in [7, 11) is 3.37. The molecule has 0 unspecified atom stereocenters. The van der Waals surface area contributed by atoms with E-state index in [4.69, 9.17) is 19.4 Å². The second kappa shape index (κ2) is 12.9. The fourth-order valence-electron chi connectivity index (χ4n) is 6.61. The molecule has 1 aliphatic heterocycles. The van der Waals surface area contributed by atoms with Gasteiger partial charge in [0.2, 0.25) is 11.8 Å². The number of anilines is 1. The van der Waals surface area contributed by atoms with Crippen LogP contribution in [0.5, 0.6) is 11.5 Å². The van der Waals surface area contributed by atoms with Gasteiger partial charge >= 0.3 is 5.97 Å². The molecule has 3 aliphatic rings. The van der Waals surface area contributed by atoms with Crippen molar-refractivity contribution in [2.45, 2.75) is 70.1 Å². The zero-order valence-electron chi connectivity index (χ0n) is 26.6. The van der Waals surface area contributed by atoms with E-state index in [0.717, 1.165) is 29.8 Å². The van der Waals surface area contributed by atoms with Crippen molar-refractivity contribution in [3.8, 4) is 22.9 Å². The molecule has 2 saturated carbocycles. The average molecular weight is 648 g/mol. The molecule has 3 N–H and O–H groups in total. The molecule has 1 aromatic carbocycles. The highest BCUT2D eigenvalue weighted by Gasteiger charge is 2.61. The van der Waals surface area contributed by atoms with E-state index in [1.165, 1.54) is 11.3 Å². The lowest BCUT2D eigenvalue weighted by Crippen LogP contribution is -2.49. The number of amides is 2. The Morgan fingerprint density at radius 3 is 2.72 bits per heavy atom. The highest BCUT2D eigenvalue weighted by molar-refractivity contribution is 7.14. The number of thiazole rings is 1. The van der Waals surface area contributed by atoms with Gasteiger partial charge in [-0.15, -0.1) is 11.3 Å². The Labute approximate surface area is 272 Å². The van der Waals surface area contributed by atoms with E-state index >= 15 is 0 Å². The number of carbonyl (C=O) groups excluding carboxylic acids is 2. The number of hydrogen-bond acceptors (Lipinski definition) is 9. The molecule has 11 nitrogen and oxygen atoms in total. The summed E-state index contributed by atoms with van der Waals surface area (Å²) >= 11 is 1.50. The lowest BCUT2D eigenvalue weighted by Gasteiger charge is -2.26. The Balaban J connectivity index is 1.32. The number of hydrogen-bond donors (Lipinski definition) is 3. The van der Waals surface area contributed by atoms with Gasteiger partial charge in [-0.1, -0.05) is 12.2 Å². The van der Waals surface area contributed by atoms with Crippen LogP contribution in [0, 0.1) is 17.8 Å². The monoisotopic (exact) mass is 647 g/mol. The molecular weight excluding hydrogens is 606 g/mol. The summed E-state index contributed by atoms with van der Waals surface area (Å²) < 4.78 is 12.1. The van der Waals surface area contributed by atoms with Gasteiger partial charge in [0.05, 0.1) is 30.2 Å². The molecule has 5 atom stereocenters. The molecule has 0 saturated heterocycles. The van der Waals surface area contributed by atoms with Crippen LogP contribution in [0.3, 0.4) is 0 Å². The summed E-state index contributed by atoms with van der Waals surface area (Å²) in [5.74, 6) is -1.97. The number of carbonyl (C=O) groups is 3. The predicted molar refractivity (Wildman–Crippen MR) is 176 cm³/mol. The van der Waals surface area contributed by atoms with Crippen molar-refractivity contribution in [1.29, 1.82) is 0 Å². The van der Waals surface area contributed by atoms with E-state index in [0.29, 0.717) is 47.8 Å². The molecule has 2 aromatic heterocycles. The molecule has 2 fully saturated rings. The Kier molecular flexibility index (Phi) is 8.91. The van der Waals surface area contributed by atoms with Crippen molar-refractivity contribution in [3.05, 3.63) is 41.8 Å². The normalized spacial score (nSPS) is 27.4. The van der Waals surface area contributed by atoms with Crippen LogP contribution in [0.4, 0.5) is 5.13 Å². The second-order valence-corrected chi connectivity index (χ2v) is 13.8. The minimum absolute atomic E-state index is 0.117. The van der Waals surface area contributed by atoms with Crippen LogP contribution in [0.15, 0.2) is 41.8 Å². The Morgan fingerprint density at radius 1 is 1.15 bits per heavy atom. The number of aromatic nitrogens is 2. The number of ether oxygens (including phenoxy) is 2. The Morgan fingerprint density at radius 2 is 1.96 bits per heavy atom. The number of methoxy groups -OCH3 is 1. The maximum absolute atomic E-state index is 13.8. The molecule has 2 aliphatic carbocycles. The number of nitrogens with one attached hydrogen (secondary N) is 2. The van der Waals surface area contributed by atoms with Crippen molar-refractivity contribution in [3.63, 3.8) is 0 Å². The first-order chi connectivity index (χ1) is 22.1. The maximum atomic E-state index is 13.8. The van der Waals surface area contributed by atoms with E-state index in [-0.39, 0.29) is 24.3 Å². The van der Waals surface area contributed by atoms with Crippen molar-refractivity contribution < 1.29 is 29.0 Å². The number of fused-ring (bicyclic) bond motifs is 3. The molecule has 3 heterocycles. The van der Waals surface area contributed by atoms with E-state index in [1.54, 1.807) is 19.1 Å². The Bertz CT molecular complexity index is 1670. The molecule has 0 spiro atoms. The van der Waals surface area contributed by atoms with Gasteiger partial charge in [-0.25, -0.2) is 14.8 Å². The van der Waals surface area contributed by atoms with Gasteiger partial charge in [-0.2, -0.15) is 0 Å². The second-order valence-electron chi connectivity index (χ2n) is 12.9. The third kappa shape index (κ3) is 6.40. The average Bonchev–Trinajstić information content (AvgIpc) is 3.31. The van der Waals surface area contributed by atoms with Crippen molar-refractivity contribution in [2.75, 3.05) is 26.0 Å². The van der Waals surface area contributed by atoms with Crippen LogP contribution < -0.4 is 20.1 Å². The lowest BCUT2D eigenvalue weighted by atomic mass is 9.93. The summed E-state index contributed by atoms with van der Waals surface area (Å²) in [6.07, 6.45) is 6.92. The number of allylic oxidation sites excluding steroid dienone is 1. The minimum atomic E-state index is -1.33. The molecule has 3 aromatic rings. The number of benzene rings is 1. The van der Waals surface area contributed by atoms with Crippen LogP contribution in [0.25, 0.3) is 22.3 Å². The maximum Gasteiger partial charge on any atom is 0.330 e. The first-order valence-corrected chi connectivity index (χ1v) is 16.8. The summed E-state index contributed by atoms with van der Waals surface area (Å²) in [6, 6.07) is 7.66. The number of rotatable bonds is 7. The molecule has 46 heavy (non-hydrogen) atoms. The predicted octanol–water partition coefficient (Wildman–Crippen LogP) is 5.12. The van der Waals surface area contributed by atoms with Gasteiger partial charge in [0.1, 0.15) is 28.8 Å². The summed E-state index contributed by atoms with van der Waals surface area (Å²) in [4.78, 5) is 51.2. The molecule has 0 radical (unpaired) electrons. The molecule has 244 valence electrons. The summed E-state index contributed by atoms with van der Waals surface area (Å²) in [5, 5.41) is 19.8. The first kappa shape index (κ1) is 31.8. The highest BCUT2D eigenvalue weighted by Crippen LogP contribution is 2.47. The summed E-state index contributed by atoms with van der Waals surface area (Å²) in [6.45, 7) is 4.69. The summed E-state index contributed by atoms with van der Waals surface area (Å²) in [5.41, 5.74) is 0.664. The number of pyridine rings is 1. The van der Waals surface area contributed by atoms with Gasteiger partial charge in [0, 0.05) is 48.5 Å². The van der Waals surface area contributed by atoms with Gasteiger partial charge in [0.15, 0.2) is 5.13 Å². The van der Waals surface area contributed by atoms with Gasteiger partial charge < -0.3 is 30.1 Å². The lowest BCUT2D eigenvalue weighted by molar-refractivity contribution is -0.145. The third-order valence-electron chi connectivity index (χ3n) is 9.23. The number of carboxylic acids is 1. The largest absolute Gasteiger partial charge is 0.497 e. The molecule has 6 rings (SSSR count). The zero-order valence-corrected chi connectivity index (χ0v) is 27.4. The van der Waals surface area contributed by atoms with Crippen LogP contribution in [-0.2, 0) is 14.4 Å². The quantitative estimate of drug-likeness (QED) is 0.298. The molecular formula is C34H41N5O6S.